The van der Waals surface area contributed by atoms with E-state index in [0.717, 1.165) is 53.7 Å². The van der Waals surface area contributed by atoms with Crippen molar-refractivity contribution in [2.75, 3.05) is 0 Å². The molecular formula is C21H21N3OS. The maximum absolute atomic E-state index is 13.4. The van der Waals surface area contributed by atoms with Crippen molar-refractivity contribution in [2.45, 2.75) is 52.0 Å². The lowest BCUT2D eigenvalue weighted by Gasteiger charge is -2.14. The third kappa shape index (κ3) is 2.95. The van der Waals surface area contributed by atoms with Crippen LogP contribution in [0.1, 0.15) is 53.6 Å². The summed E-state index contributed by atoms with van der Waals surface area (Å²) in [5.74, 6) is 0.853. The second-order valence-corrected chi connectivity index (χ2v) is 7.96. The summed E-state index contributed by atoms with van der Waals surface area (Å²) < 4.78 is 1.82. The zero-order chi connectivity index (χ0) is 18.1. The van der Waals surface area contributed by atoms with Crippen molar-refractivity contribution < 1.29 is 0 Å². The standard InChI is InChI=1S/C21H21N3OS/c1-2-6-18-23-20-19(16-9-3-4-10-17(16)26-20)21(25)24(18)13-15-8-5-7-14(11-15)12-22/h5,7-8,11H,2-4,6,9-10,13H2,1H3. The molecule has 0 spiro atoms. The van der Waals surface area contributed by atoms with Crippen LogP contribution in [-0.4, -0.2) is 9.55 Å². The Kier molecular flexibility index (Phi) is 4.60. The van der Waals surface area contributed by atoms with Gasteiger partial charge in [-0.25, -0.2) is 4.98 Å². The first-order chi connectivity index (χ1) is 12.7. The highest BCUT2D eigenvalue weighted by Gasteiger charge is 2.21. The molecule has 3 aromatic rings. The molecule has 0 bridgehead atoms. The van der Waals surface area contributed by atoms with Crippen LogP contribution in [-0.2, 0) is 25.8 Å². The van der Waals surface area contributed by atoms with E-state index in [1.54, 1.807) is 17.4 Å². The van der Waals surface area contributed by atoms with Gasteiger partial charge in [0.05, 0.1) is 23.6 Å². The molecule has 4 rings (SSSR count). The third-order valence-electron chi connectivity index (χ3n) is 5.02. The van der Waals surface area contributed by atoms with E-state index >= 15 is 0 Å². The molecule has 2 aromatic heterocycles. The van der Waals surface area contributed by atoms with E-state index in [1.807, 2.05) is 22.8 Å². The number of nitriles is 1. The van der Waals surface area contributed by atoms with Gasteiger partial charge in [-0.2, -0.15) is 5.26 Å². The van der Waals surface area contributed by atoms with Gasteiger partial charge in [-0.3, -0.25) is 9.36 Å². The predicted octanol–water partition coefficient (Wildman–Crippen LogP) is 4.21. The predicted molar refractivity (Wildman–Crippen MR) is 105 cm³/mol. The average Bonchev–Trinajstić information content (AvgIpc) is 3.03. The van der Waals surface area contributed by atoms with Crippen molar-refractivity contribution in [1.82, 2.24) is 9.55 Å². The fraction of sp³-hybridized carbons (Fsp3) is 0.381. The second-order valence-electron chi connectivity index (χ2n) is 6.87. The first kappa shape index (κ1) is 17.0. The van der Waals surface area contributed by atoms with E-state index in [4.69, 9.17) is 10.2 Å². The summed E-state index contributed by atoms with van der Waals surface area (Å²) in [7, 11) is 0. The molecule has 1 aromatic carbocycles. The van der Waals surface area contributed by atoms with Crippen LogP contribution in [0.5, 0.6) is 0 Å². The van der Waals surface area contributed by atoms with Crippen molar-refractivity contribution >= 4 is 21.6 Å². The van der Waals surface area contributed by atoms with Crippen molar-refractivity contribution in [2.24, 2.45) is 0 Å². The largest absolute Gasteiger partial charge is 0.292 e. The van der Waals surface area contributed by atoms with E-state index in [-0.39, 0.29) is 5.56 Å². The lowest BCUT2D eigenvalue weighted by Crippen LogP contribution is -2.26. The highest BCUT2D eigenvalue weighted by atomic mass is 32.1. The molecule has 26 heavy (non-hydrogen) atoms. The van der Waals surface area contributed by atoms with Crippen LogP contribution in [0, 0.1) is 11.3 Å². The molecule has 0 atom stereocenters. The Morgan fingerprint density at radius 1 is 1.31 bits per heavy atom. The summed E-state index contributed by atoms with van der Waals surface area (Å²) in [5, 5.41) is 9.97. The minimum absolute atomic E-state index is 0.0835. The molecule has 0 unspecified atom stereocenters. The average molecular weight is 363 g/mol. The second kappa shape index (κ2) is 7.05. The molecular weight excluding hydrogens is 342 g/mol. The Balaban J connectivity index is 1.88. The van der Waals surface area contributed by atoms with Gasteiger partial charge < -0.3 is 0 Å². The molecule has 0 saturated heterocycles. The Morgan fingerprint density at radius 2 is 2.15 bits per heavy atom. The number of aryl methyl sites for hydroxylation is 3. The van der Waals surface area contributed by atoms with Crippen molar-refractivity contribution in [3.63, 3.8) is 0 Å². The Hall–Kier alpha value is -2.45. The van der Waals surface area contributed by atoms with Crippen LogP contribution < -0.4 is 5.56 Å². The molecule has 1 aliphatic carbocycles. The van der Waals surface area contributed by atoms with Gasteiger partial charge in [0.15, 0.2) is 0 Å². The molecule has 0 radical (unpaired) electrons. The van der Waals surface area contributed by atoms with Crippen LogP contribution >= 0.6 is 11.3 Å². The van der Waals surface area contributed by atoms with E-state index in [1.165, 1.54) is 16.9 Å². The number of nitrogens with zero attached hydrogens (tertiary/aromatic N) is 3. The maximum atomic E-state index is 13.4. The van der Waals surface area contributed by atoms with E-state index in [0.29, 0.717) is 12.1 Å². The van der Waals surface area contributed by atoms with Gasteiger partial charge >= 0.3 is 0 Å². The Morgan fingerprint density at radius 3 is 2.96 bits per heavy atom. The molecule has 5 heteroatoms. The van der Waals surface area contributed by atoms with Gasteiger partial charge in [0.2, 0.25) is 0 Å². The normalized spacial score (nSPS) is 13.5. The molecule has 2 heterocycles. The Bertz CT molecular complexity index is 1070. The van der Waals surface area contributed by atoms with Crippen LogP contribution in [0.2, 0.25) is 0 Å². The van der Waals surface area contributed by atoms with Crippen LogP contribution in [0.3, 0.4) is 0 Å². The number of hydrogen-bond acceptors (Lipinski definition) is 4. The quantitative estimate of drug-likeness (QED) is 0.698. The summed E-state index contributed by atoms with van der Waals surface area (Å²) in [4.78, 5) is 20.5. The third-order valence-corrected chi connectivity index (χ3v) is 6.21. The number of hydrogen-bond donors (Lipinski definition) is 0. The maximum Gasteiger partial charge on any atom is 0.262 e. The number of aromatic nitrogens is 2. The smallest absolute Gasteiger partial charge is 0.262 e. The minimum Gasteiger partial charge on any atom is -0.292 e. The van der Waals surface area contributed by atoms with Gasteiger partial charge in [-0.15, -0.1) is 11.3 Å². The van der Waals surface area contributed by atoms with Gasteiger partial charge in [-0.05, 0) is 55.4 Å². The number of fused-ring (bicyclic) bond motifs is 3. The topological polar surface area (TPSA) is 58.7 Å². The fourth-order valence-corrected chi connectivity index (χ4v) is 5.05. The van der Waals surface area contributed by atoms with Gasteiger partial charge in [0.25, 0.3) is 5.56 Å². The van der Waals surface area contributed by atoms with E-state index in [2.05, 4.69) is 13.0 Å². The first-order valence-electron chi connectivity index (χ1n) is 9.24. The highest BCUT2D eigenvalue weighted by Crippen LogP contribution is 2.34. The lowest BCUT2D eigenvalue weighted by molar-refractivity contribution is 0.663. The summed E-state index contributed by atoms with van der Waals surface area (Å²) in [5.41, 5.74) is 2.90. The molecule has 4 nitrogen and oxygen atoms in total. The van der Waals surface area contributed by atoms with Gasteiger partial charge in [-0.1, -0.05) is 19.1 Å². The number of thiophene rings is 1. The lowest BCUT2D eigenvalue weighted by atomic mass is 9.97. The molecule has 0 amide bonds. The summed E-state index contributed by atoms with van der Waals surface area (Å²) in [6.45, 7) is 2.58. The van der Waals surface area contributed by atoms with Crippen molar-refractivity contribution in [3.05, 3.63) is 62.0 Å². The molecule has 1 aliphatic rings. The van der Waals surface area contributed by atoms with Crippen molar-refractivity contribution in [1.29, 1.82) is 5.26 Å². The molecule has 0 fully saturated rings. The molecule has 0 N–H and O–H groups in total. The summed E-state index contributed by atoms with van der Waals surface area (Å²) in [6.07, 6.45) is 6.15. The zero-order valence-electron chi connectivity index (χ0n) is 14.9. The zero-order valence-corrected chi connectivity index (χ0v) is 15.7. The van der Waals surface area contributed by atoms with Crippen LogP contribution in [0.15, 0.2) is 29.1 Å². The fourth-order valence-electron chi connectivity index (χ4n) is 3.78. The minimum atomic E-state index is 0.0835. The van der Waals surface area contributed by atoms with E-state index < -0.39 is 0 Å². The molecule has 0 saturated carbocycles. The summed E-state index contributed by atoms with van der Waals surface area (Å²) >= 11 is 1.71. The number of rotatable bonds is 4. The van der Waals surface area contributed by atoms with Crippen LogP contribution in [0.25, 0.3) is 10.2 Å². The molecule has 0 aliphatic heterocycles. The monoisotopic (exact) mass is 363 g/mol. The Labute approximate surface area is 156 Å². The number of benzene rings is 1. The summed E-state index contributed by atoms with van der Waals surface area (Å²) in [6, 6.07) is 9.66. The van der Waals surface area contributed by atoms with Crippen molar-refractivity contribution in [3.8, 4) is 6.07 Å². The van der Waals surface area contributed by atoms with Gasteiger partial charge in [0.1, 0.15) is 10.7 Å². The van der Waals surface area contributed by atoms with Gasteiger partial charge in [0, 0.05) is 11.3 Å². The highest BCUT2D eigenvalue weighted by molar-refractivity contribution is 7.18. The SMILES string of the molecule is CCCc1nc2sc3c(c2c(=O)n1Cc1cccc(C#N)c1)CCCC3. The molecule has 132 valence electrons. The van der Waals surface area contributed by atoms with E-state index in [9.17, 15) is 4.79 Å². The first-order valence-corrected chi connectivity index (χ1v) is 10.1. The van der Waals surface area contributed by atoms with Crippen LogP contribution in [0.4, 0.5) is 0 Å².